The van der Waals surface area contributed by atoms with Crippen molar-refractivity contribution in [1.82, 2.24) is 15.5 Å². The van der Waals surface area contributed by atoms with Crippen LogP contribution in [0.5, 0.6) is 5.75 Å². The van der Waals surface area contributed by atoms with Crippen molar-refractivity contribution in [3.63, 3.8) is 0 Å². The molecule has 0 saturated heterocycles. The number of nitrogens with one attached hydrogen (secondary N) is 2. The summed E-state index contributed by atoms with van der Waals surface area (Å²) in [5, 5.41) is 6.28. The molecule has 0 fully saturated rings. The number of fused-ring (bicyclic) bond motifs is 1. The Hall–Kier alpha value is -3.13. The highest BCUT2D eigenvalue weighted by molar-refractivity contribution is 6.31. The van der Waals surface area contributed by atoms with E-state index < -0.39 is 0 Å². The van der Waals surface area contributed by atoms with Crippen LogP contribution in [-0.2, 0) is 16.0 Å². The average Bonchev–Trinajstić information content (AvgIpc) is 2.85. The number of halogens is 2. The van der Waals surface area contributed by atoms with Gasteiger partial charge < -0.3 is 20.3 Å². The lowest BCUT2D eigenvalue weighted by atomic mass is 10.1. The molecule has 9 heteroatoms. The highest BCUT2D eigenvalue weighted by atomic mass is 35.5. The minimum absolute atomic E-state index is 0.0526. The zero-order valence-corrected chi connectivity index (χ0v) is 21.4. The molecule has 1 aliphatic rings. The first-order chi connectivity index (χ1) is 17.2. The number of hydrogen-bond acceptors (Lipinski definition) is 4. The summed E-state index contributed by atoms with van der Waals surface area (Å²) in [6.45, 7) is 4.81. The van der Waals surface area contributed by atoms with Gasteiger partial charge in [0, 0.05) is 24.5 Å². The molecule has 0 bridgehead atoms. The summed E-state index contributed by atoms with van der Waals surface area (Å²) in [6, 6.07) is 10.6. The van der Waals surface area contributed by atoms with Gasteiger partial charge in [0.05, 0.1) is 18.2 Å². The predicted octanol–water partition coefficient (Wildman–Crippen LogP) is 3.98. The molecule has 36 heavy (non-hydrogen) atoms. The lowest BCUT2D eigenvalue weighted by Crippen LogP contribution is -2.48. The maximum atomic E-state index is 13.2. The number of carbonyl (C=O) groups is 3. The van der Waals surface area contributed by atoms with Crippen LogP contribution in [0.4, 0.5) is 4.39 Å². The van der Waals surface area contributed by atoms with Crippen LogP contribution in [0.3, 0.4) is 0 Å². The summed E-state index contributed by atoms with van der Waals surface area (Å²) in [4.78, 5) is 40.2. The number of ether oxygens (including phenoxy) is 1. The molecule has 0 radical (unpaired) electrons. The fraction of sp³-hybridized carbons (Fsp3) is 0.444. The van der Waals surface area contributed by atoms with Crippen LogP contribution in [0, 0.1) is 11.7 Å². The molecule has 2 aromatic carbocycles. The van der Waals surface area contributed by atoms with Gasteiger partial charge in [0.15, 0.2) is 0 Å². The van der Waals surface area contributed by atoms with E-state index in [1.165, 1.54) is 12.1 Å². The molecule has 1 aliphatic heterocycles. The van der Waals surface area contributed by atoms with Crippen molar-refractivity contribution < 1.29 is 23.5 Å². The van der Waals surface area contributed by atoms with Crippen molar-refractivity contribution >= 4 is 29.3 Å². The maximum Gasteiger partial charge on any atom is 0.255 e. The van der Waals surface area contributed by atoms with Crippen LogP contribution in [0.1, 0.15) is 49.0 Å². The van der Waals surface area contributed by atoms with Crippen molar-refractivity contribution in [3.05, 3.63) is 64.4 Å². The number of amides is 3. The van der Waals surface area contributed by atoms with Gasteiger partial charge in [-0.25, -0.2) is 4.39 Å². The molecule has 2 aromatic rings. The van der Waals surface area contributed by atoms with Crippen LogP contribution in [0.2, 0.25) is 5.02 Å². The molecule has 1 heterocycles. The molecule has 0 spiro atoms. The van der Waals surface area contributed by atoms with Crippen molar-refractivity contribution in [2.45, 2.75) is 45.6 Å². The molecule has 2 N–H and O–H groups in total. The van der Waals surface area contributed by atoms with Gasteiger partial charge in [-0.05, 0) is 61.1 Å². The van der Waals surface area contributed by atoms with Gasteiger partial charge in [-0.3, -0.25) is 14.4 Å². The molecule has 0 aromatic heterocycles. The topological polar surface area (TPSA) is 87.7 Å². The molecule has 0 aliphatic carbocycles. The van der Waals surface area contributed by atoms with Crippen LogP contribution in [-0.4, -0.2) is 54.9 Å². The highest BCUT2D eigenvalue weighted by Crippen LogP contribution is 2.24. The first-order valence-corrected chi connectivity index (χ1v) is 12.6. The Bertz CT molecular complexity index is 1060. The van der Waals surface area contributed by atoms with Crippen LogP contribution in [0.15, 0.2) is 42.5 Å². The molecule has 3 rings (SSSR count). The van der Waals surface area contributed by atoms with E-state index >= 15 is 0 Å². The smallest absolute Gasteiger partial charge is 0.255 e. The monoisotopic (exact) mass is 517 g/mol. The molecule has 194 valence electrons. The third-order valence-electron chi connectivity index (χ3n) is 6.12. The predicted molar refractivity (Wildman–Crippen MR) is 137 cm³/mol. The van der Waals surface area contributed by atoms with E-state index in [1.807, 2.05) is 13.8 Å². The van der Waals surface area contributed by atoms with Crippen molar-refractivity contribution in [3.8, 4) is 5.75 Å². The number of benzene rings is 2. The zero-order valence-electron chi connectivity index (χ0n) is 20.7. The van der Waals surface area contributed by atoms with E-state index in [4.69, 9.17) is 16.3 Å². The summed E-state index contributed by atoms with van der Waals surface area (Å²) < 4.78 is 19.1. The Morgan fingerprint density at radius 2 is 1.92 bits per heavy atom. The zero-order chi connectivity index (χ0) is 26.1. The number of nitrogens with zero attached hydrogens (tertiary/aromatic N) is 1. The number of hydrogen-bond donors (Lipinski definition) is 2. The van der Waals surface area contributed by atoms with Crippen LogP contribution < -0.4 is 15.4 Å². The molecule has 0 unspecified atom stereocenters. The maximum absolute atomic E-state index is 13.2. The third-order valence-corrected chi connectivity index (χ3v) is 6.36. The molecule has 3 amide bonds. The van der Waals surface area contributed by atoms with Gasteiger partial charge in [0.25, 0.3) is 5.91 Å². The van der Waals surface area contributed by atoms with Gasteiger partial charge in [0.2, 0.25) is 11.8 Å². The summed E-state index contributed by atoms with van der Waals surface area (Å²) in [6.07, 6.45) is 1.90. The lowest BCUT2D eigenvalue weighted by Gasteiger charge is -2.26. The van der Waals surface area contributed by atoms with E-state index in [-0.39, 0.29) is 55.1 Å². The van der Waals surface area contributed by atoms with E-state index in [0.717, 1.165) is 5.56 Å². The second kappa shape index (κ2) is 13.3. The van der Waals surface area contributed by atoms with Crippen molar-refractivity contribution in [2.75, 3.05) is 26.2 Å². The minimum Gasteiger partial charge on any atom is -0.491 e. The number of carbonyl (C=O) groups excluding carboxylic acids is 3. The second-order valence-corrected chi connectivity index (χ2v) is 9.71. The van der Waals surface area contributed by atoms with Gasteiger partial charge in [-0.2, -0.15) is 0 Å². The highest BCUT2D eigenvalue weighted by Gasteiger charge is 2.23. The van der Waals surface area contributed by atoms with Gasteiger partial charge >= 0.3 is 0 Å². The average molecular weight is 518 g/mol. The van der Waals surface area contributed by atoms with Crippen LogP contribution in [0.25, 0.3) is 0 Å². The number of rotatable bonds is 4. The molecule has 1 atom stereocenters. The van der Waals surface area contributed by atoms with E-state index in [9.17, 15) is 18.8 Å². The largest absolute Gasteiger partial charge is 0.491 e. The first-order valence-electron chi connectivity index (χ1n) is 12.2. The molecular weight excluding hydrogens is 485 g/mol. The molecule has 7 nitrogen and oxygen atoms in total. The van der Waals surface area contributed by atoms with E-state index in [1.54, 1.807) is 35.2 Å². The quantitative estimate of drug-likeness (QED) is 0.642. The normalized spacial score (nSPS) is 17.8. The molecule has 0 saturated carbocycles. The van der Waals surface area contributed by atoms with Gasteiger partial charge in [-0.15, -0.1) is 0 Å². The summed E-state index contributed by atoms with van der Waals surface area (Å²) in [7, 11) is 0. The van der Waals surface area contributed by atoms with E-state index in [2.05, 4.69) is 10.6 Å². The lowest BCUT2D eigenvalue weighted by molar-refractivity contribution is -0.136. The standard InChI is InChI=1S/C27H33ClFN3O4/c1-18(2)23-17-36-24-11-8-20(28)15-22(24)27(35)30-13-3-4-14-32(16-25(33)31-23)26(34)12-7-19-5-9-21(29)10-6-19/h5-6,8-11,15,18,23H,3-4,7,12-14,16-17H2,1-2H3,(H,30,35)(H,31,33)/t23-/m0/s1. The third kappa shape index (κ3) is 8.22. The SMILES string of the molecule is CC(C)[C@@H]1COc2ccc(Cl)cc2C(=O)NCCCCN(C(=O)CCc2ccc(F)cc2)CC(=O)N1. The minimum atomic E-state index is -0.328. The first kappa shape index (κ1) is 27.5. The second-order valence-electron chi connectivity index (χ2n) is 9.27. The fourth-order valence-corrected chi connectivity index (χ4v) is 4.06. The Labute approximate surface area is 216 Å². The summed E-state index contributed by atoms with van der Waals surface area (Å²) >= 11 is 6.11. The summed E-state index contributed by atoms with van der Waals surface area (Å²) in [5.41, 5.74) is 1.19. The Kier molecular flexibility index (Phi) is 10.1. The Morgan fingerprint density at radius 1 is 1.17 bits per heavy atom. The number of aryl methyl sites for hydroxylation is 1. The fourth-order valence-electron chi connectivity index (χ4n) is 3.89. The van der Waals surface area contributed by atoms with Gasteiger partial charge in [-0.1, -0.05) is 37.6 Å². The Balaban J connectivity index is 1.72. The van der Waals surface area contributed by atoms with Crippen LogP contribution >= 0.6 is 11.6 Å². The van der Waals surface area contributed by atoms with Crippen molar-refractivity contribution in [2.24, 2.45) is 5.92 Å². The summed E-state index contributed by atoms with van der Waals surface area (Å²) in [5.74, 6) is -0.592. The van der Waals surface area contributed by atoms with Gasteiger partial charge in [0.1, 0.15) is 18.2 Å². The Morgan fingerprint density at radius 3 is 2.64 bits per heavy atom. The van der Waals surface area contributed by atoms with E-state index in [0.29, 0.717) is 48.7 Å². The van der Waals surface area contributed by atoms with Crippen molar-refractivity contribution in [1.29, 1.82) is 0 Å². The molecular formula is C27H33ClFN3O4.